The minimum atomic E-state index is -6.29. The molecule has 1 saturated carbocycles. The van der Waals surface area contributed by atoms with Crippen molar-refractivity contribution in [2.75, 3.05) is 20.2 Å². The first kappa shape index (κ1) is 31.8. The molecule has 42 heavy (non-hydrogen) atoms. The molecule has 1 aliphatic carbocycles. The van der Waals surface area contributed by atoms with Crippen molar-refractivity contribution >= 4 is 22.7 Å². The van der Waals surface area contributed by atoms with Crippen LogP contribution in [0.5, 0.6) is 5.75 Å². The van der Waals surface area contributed by atoms with Gasteiger partial charge in [-0.15, -0.1) is 0 Å². The van der Waals surface area contributed by atoms with Crippen LogP contribution in [0.1, 0.15) is 43.2 Å². The number of nitrogens with zero attached hydrogens (tertiary/aromatic N) is 1. The maximum Gasteiger partial charge on any atom is 0.435 e. The highest BCUT2D eigenvalue weighted by molar-refractivity contribution is 7.86. The van der Waals surface area contributed by atoms with Gasteiger partial charge in [0.2, 0.25) is 5.91 Å². The minimum Gasteiger partial charge on any atom is -0.497 e. The number of carboxylic acids is 1. The summed E-state index contributed by atoms with van der Waals surface area (Å²) in [6, 6.07) is 8.71. The highest BCUT2D eigenvalue weighted by Crippen LogP contribution is 2.53. The second-order valence-electron chi connectivity index (χ2n) is 10.6. The molecule has 1 aliphatic heterocycles. The van der Waals surface area contributed by atoms with Gasteiger partial charge in [-0.05, 0) is 55.9 Å². The van der Waals surface area contributed by atoms with E-state index in [0.717, 1.165) is 12.1 Å². The summed E-state index contributed by atoms with van der Waals surface area (Å²) in [4.78, 5) is 26.4. The molecule has 0 spiro atoms. The van der Waals surface area contributed by atoms with E-state index in [-0.39, 0.29) is 35.9 Å². The van der Waals surface area contributed by atoms with Crippen LogP contribution >= 0.6 is 0 Å². The van der Waals surface area contributed by atoms with Crippen molar-refractivity contribution in [2.45, 2.75) is 59.8 Å². The largest absolute Gasteiger partial charge is 0.497 e. The minimum absolute atomic E-state index is 0.0473. The number of carbonyl (C=O) groups is 2. The fraction of sp³-hybridized carbons (Fsp3) is 0.500. The van der Waals surface area contributed by atoms with Gasteiger partial charge in [0.05, 0.1) is 28.6 Å². The molecule has 0 radical (unpaired) electrons. The van der Waals surface area contributed by atoms with Gasteiger partial charge in [0.1, 0.15) is 5.75 Å². The van der Waals surface area contributed by atoms with Crippen LogP contribution in [0, 0.1) is 11.8 Å². The third-order valence-corrected chi connectivity index (χ3v) is 10.1. The molecule has 14 heteroatoms. The molecule has 4 rings (SSSR count). The van der Waals surface area contributed by atoms with Crippen LogP contribution in [-0.2, 0) is 30.8 Å². The van der Waals surface area contributed by atoms with Crippen LogP contribution in [0.15, 0.2) is 53.4 Å². The molecule has 0 bridgehead atoms. The Morgan fingerprint density at radius 1 is 0.929 bits per heavy atom. The van der Waals surface area contributed by atoms with Gasteiger partial charge < -0.3 is 14.7 Å². The Morgan fingerprint density at radius 3 is 2.02 bits per heavy atom. The molecule has 2 aliphatic rings. The smallest absolute Gasteiger partial charge is 0.435 e. The van der Waals surface area contributed by atoms with Crippen molar-refractivity contribution < 1.29 is 54.4 Å². The van der Waals surface area contributed by atoms with Crippen LogP contribution in [0.4, 0.5) is 30.7 Å². The van der Waals surface area contributed by atoms with E-state index in [1.54, 1.807) is 12.1 Å². The molecule has 1 N–H and O–H groups in total. The van der Waals surface area contributed by atoms with E-state index in [1.165, 1.54) is 24.1 Å². The van der Waals surface area contributed by atoms with E-state index in [4.69, 9.17) is 4.74 Å². The van der Waals surface area contributed by atoms with E-state index < -0.39 is 56.9 Å². The number of alkyl halides is 7. The molecule has 2 fully saturated rings. The molecule has 2 atom stereocenters. The van der Waals surface area contributed by atoms with Gasteiger partial charge in [-0.1, -0.05) is 30.3 Å². The summed E-state index contributed by atoms with van der Waals surface area (Å²) in [7, 11) is -0.601. The Morgan fingerprint density at radius 2 is 1.50 bits per heavy atom. The fourth-order valence-electron chi connectivity index (χ4n) is 5.74. The van der Waals surface area contributed by atoms with Crippen LogP contribution < -0.4 is 4.74 Å². The van der Waals surface area contributed by atoms with Gasteiger partial charge >= 0.3 is 24.0 Å². The highest BCUT2D eigenvalue weighted by Gasteiger charge is 2.73. The zero-order chi connectivity index (χ0) is 31.1. The number of aliphatic carboxylic acids is 1. The number of halogens is 7. The van der Waals surface area contributed by atoms with Crippen molar-refractivity contribution in [1.29, 1.82) is 0 Å². The molecule has 2 aromatic carbocycles. The molecular formula is C28H28F7NO5S. The first-order chi connectivity index (χ1) is 19.5. The molecule has 1 heterocycles. The van der Waals surface area contributed by atoms with Crippen LogP contribution in [0.2, 0.25) is 0 Å². The standard InChI is InChI=1S/C28H28F7NO5S/c1-41-21-3-2-4-22(15-21)42(40)25(13-14-36(16-25)23(37)17-5-7-18(8-6-17)24(38)39)19-9-11-20(12-10-19)26(29,27(30,31)32)28(33,34)35/h2-4,9-12,15,17-18H,5-8,13-14,16H2,1H3,(H,38,39). The maximum absolute atomic E-state index is 14.7. The van der Waals surface area contributed by atoms with E-state index >= 15 is 0 Å². The number of carboxylic acid groups (broad SMARTS) is 1. The summed E-state index contributed by atoms with van der Waals surface area (Å²) in [5, 5.41) is 9.25. The molecule has 6 nitrogen and oxygen atoms in total. The summed E-state index contributed by atoms with van der Waals surface area (Å²) in [6.45, 7) is -0.0829. The van der Waals surface area contributed by atoms with Crippen molar-refractivity contribution in [3.8, 4) is 5.75 Å². The SMILES string of the molecule is COc1cccc(S(=O)C2(c3ccc(C(F)(C(F)(F)F)C(F)(F)F)cc3)CCN(C(=O)C3CCC(C(=O)O)CC3)C2)c1. The van der Waals surface area contributed by atoms with Crippen LogP contribution in [0.25, 0.3) is 0 Å². The normalized spacial score (nSPS) is 24.3. The van der Waals surface area contributed by atoms with Crippen molar-refractivity contribution in [2.24, 2.45) is 11.8 Å². The first-order valence-corrected chi connectivity index (χ1v) is 14.2. The van der Waals surface area contributed by atoms with Crippen molar-refractivity contribution in [3.63, 3.8) is 0 Å². The molecule has 0 aromatic heterocycles. The Kier molecular flexibility index (Phi) is 8.69. The van der Waals surface area contributed by atoms with Crippen molar-refractivity contribution in [3.05, 3.63) is 59.7 Å². The van der Waals surface area contributed by atoms with Gasteiger partial charge in [-0.25, -0.2) is 4.39 Å². The number of rotatable bonds is 7. The van der Waals surface area contributed by atoms with Crippen molar-refractivity contribution in [1.82, 2.24) is 4.90 Å². The van der Waals surface area contributed by atoms with E-state index in [1.807, 2.05) is 0 Å². The maximum atomic E-state index is 14.7. The monoisotopic (exact) mass is 623 g/mol. The number of hydrogen-bond acceptors (Lipinski definition) is 4. The number of methoxy groups -OCH3 is 1. The molecular weight excluding hydrogens is 595 g/mol. The van der Waals surface area contributed by atoms with Gasteiger partial charge in [0.25, 0.3) is 0 Å². The van der Waals surface area contributed by atoms with Gasteiger partial charge in [-0.2, -0.15) is 26.3 Å². The summed E-state index contributed by atoms with van der Waals surface area (Å²) in [6.07, 6.45) is -11.2. The molecule has 230 valence electrons. The summed E-state index contributed by atoms with van der Waals surface area (Å²) in [5.41, 5.74) is -7.22. The first-order valence-electron chi connectivity index (χ1n) is 13.1. The quantitative estimate of drug-likeness (QED) is 0.377. The molecule has 1 amide bonds. The third-order valence-electron chi connectivity index (χ3n) is 8.17. The second-order valence-corrected chi connectivity index (χ2v) is 12.4. The average molecular weight is 624 g/mol. The summed E-state index contributed by atoms with van der Waals surface area (Å²) in [5.74, 6) is -1.91. The zero-order valence-electron chi connectivity index (χ0n) is 22.3. The highest BCUT2D eigenvalue weighted by atomic mass is 32.2. The van der Waals surface area contributed by atoms with Gasteiger partial charge in [0, 0.05) is 29.5 Å². The zero-order valence-corrected chi connectivity index (χ0v) is 23.1. The Hall–Kier alpha value is -3.16. The average Bonchev–Trinajstić information content (AvgIpc) is 3.41. The number of ether oxygens (including phenoxy) is 1. The fourth-order valence-corrected chi connectivity index (χ4v) is 7.52. The third kappa shape index (κ3) is 5.61. The lowest BCUT2D eigenvalue weighted by Gasteiger charge is -2.33. The van der Waals surface area contributed by atoms with Crippen LogP contribution in [0.3, 0.4) is 0 Å². The lowest BCUT2D eigenvalue weighted by Crippen LogP contribution is -2.50. The Balaban J connectivity index is 1.71. The molecule has 2 aromatic rings. The summed E-state index contributed by atoms with van der Waals surface area (Å²) >= 11 is 0. The molecule has 1 saturated heterocycles. The number of carbonyl (C=O) groups excluding carboxylic acids is 1. The van der Waals surface area contributed by atoms with Gasteiger partial charge in [0.15, 0.2) is 0 Å². The second kappa shape index (κ2) is 11.5. The lowest BCUT2D eigenvalue weighted by atomic mass is 9.81. The number of hydrogen-bond donors (Lipinski definition) is 1. The topological polar surface area (TPSA) is 83.9 Å². The Labute approximate surface area is 239 Å². The summed E-state index contributed by atoms with van der Waals surface area (Å²) < 4.78 is 113. The predicted octanol–water partition coefficient (Wildman–Crippen LogP) is 6.11. The van der Waals surface area contributed by atoms with Gasteiger partial charge in [-0.3, -0.25) is 13.8 Å². The van der Waals surface area contributed by atoms with E-state index in [2.05, 4.69) is 0 Å². The Bertz CT molecular complexity index is 1330. The predicted molar refractivity (Wildman–Crippen MR) is 137 cm³/mol. The van der Waals surface area contributed by atoms with E-state index in [0.29, 0.717) is 43.6 Å². The lowest BCUT2D eigenvalue weighted by molar-refractivity contribution is -0.348. The van der Waals surface area contributed by atoms with Crippen LogP contribution in [-0.4, -0.2) is 58.6 Å². The number of amides is 1. The van der Waals surface area contributed by atoms with E-state index in [9.17, 15) is 49.6 Å². The number of likely N-dealkylation sites (tertiary alicyclic amines) is 1. The molecule has 2 unspecified atom stereocenters. The number of benzene rings is 2.